The van der Waals surface area contributed by atoms with Crippen molar-refractivity contribution in [1.82, 2.24) is 0 Å². The fourth-order valence-electron chi connectivity index (χ4n) is 3.19. The third kappa shape index (κ3) is 4.06. The van der Waals surface area contributed by atoms with Gasteiger partial charge >= 0.3 is 5.97 Å². The number of ether oxygens (including phenoxy) is 1. The molecule has 0 aromatic rings. The van der Waals surface area contributed by atoms with Crippen LogP contribution in [0.15, 0.2) is 12.2 Å². The first-order chi connectivity index (χ1) is 9.50. The first kappa shape index (κ1) is 15.5. The maximum absolute atomic E-state index is 10.9. The largest absolute Gasteiger partial charge is 0.481 e. The lowest BCUT2D eigenvalue weighted by atomic mass is 9.79. The van der Waals surface area contributed by atoms with Crippen LogP contribution >= 0.6 is 0 Å². The van der Waals surface area contributed by atoms with Gasteiger partial charge in [-0.05, 0) is 50.4 Å². The van der Waals surface area contributed by atoms with Crippen LogP contribution in [0.4, 0.5) is 0 Å². The molecular weight excluding hydrogens is 256 g/mol. The molecule has 20 heavy (non-hydrogen) atoms. The van der Waals surface area contributed by atoms with E-state index in [0.29, 0.717) is 50.7 Å². The molecule has 0 bridgehead atoms. The molecule has 0 radical (unpaired) electrons. The highest BCUT2D eigenvalue weighted by molar-refractivity contribution is 5.70. The van der Waals surface area contributed by atoms with Gasteiger partial charge in [-0.1, -0.05) is 19.1 Å². The lowest BCUT2D eigenvalue weighted by molar-refractivity contribution is -0.146. The molecule has 0 aromatic heterocycles. The van der Waals surface area contributed by atoms with Gasteiger partial charge in [-0.2, -0.15) is 0 Å². The van der Waals surface area contributed by atoms with E-state index in [-0.39, 0.29) is 5.92 Å². The summed E-state index contributed by atoms with van der Waals surface area (Å²) < 4.78 is 5.75. The predicted molar refractivity (Wildman–Crippen MR) is 76.4 cm³/mol. The Kier molecular flexibility index (Phi) is 5.22. The molecule has 2 N–H and O–H groups in total. The van der Waals surface area contributed by atoms with E-state index in [1.54, 1.807) is 0 Å². The Bertz CT molecular complexity index is 355. The SMILES string of the molecule is CC1CC=CCC1COCC1(O)CCC(C(=O)O)CC1. The predicted octanol–water partition coefficient (Wildman–Crippen LogP) is 2.61. The van der Waals surface area contributed by atoms with Gasteiger partial charge in [-0.25, -0.2) is 0 Å². The molecule has 4 heteroatoms. The topological polar surface area (TPSA) is 66.8 Å². The van der Waals surface area contributed by atoms with Crippen LogP contribution in [0.1, 0.15) is 45.4 Å². The third-order valence-corrected chi connectivity index (χ3v) is 4.89. The molecule has 0 saturated heterocycles. The van der Waals surface area contributed by atoms with E-state index >= 15 is 0 Å². The minimum Gasteiger partial charge on any atom is -0.481 e. The molecule has 2 rings (SSSR count). The lowest BCUT2D eigenvalue weighted by Crippen LogP contribution is -2.40. The zero-order valence-corrected chi connectivity index (χ0v) is 12.3. The standard InChI is InChI=1S/C16H26O4/c1-12-4-2-3-5-14(12)10-20-11-16(19)8-6-13(7-9-16)15(17)18/h2-3,12-14,19H,4-11H2,1H3,(H,17,18). The number of rotatable bonds is 5. The molecule has 0 aromatic carbocycles. The number of aliphatic hydroxyl groups is 1. The van der Waals surface area contributed by atoms with Crippen LogP contribution < -0.4 is 0 Å². The van der Waals surface area contributed by atoms with E-state index in [1.807, 2.05) is 0 Å². The molecule has 4 nitrogen and oxygen atoms in total. The second-order valence-corrected chi connectivity index (χ2v) is 6.53. The normalized spacial score (nSPS) is 37.8. The van der Waals surface area contributed by atoms with Crippen LogP contribution in [0.2, 0.25) is 0 Å². The van der Waals surface area contributed by atoms with Gasteiger partial charge in [0.25, 0.3) is 0 Å². The van der Waals surface area contributed by atoms with Gasteiger partial charge in [0.05, 0.1) is 24.7 Å². The number of carbonyl (C=O) groups is 1. The van der Waals surface area contributed by atoms with Crippen molar-refractivity contribution in [3.8, 4) is 0 Å². The van der Waals surface area contributed by atoms with Crippen LogP contribution in [0, 0.1) is 17.8 Å². The minimum atomic E-state index is -0.820. The van der Waals surface area contributed by atoms with E-state index in [9.17, 15) is 9.90 Å². The highest BCUT2D eigenvalue weighted by Gasteiger charge is 2.36. The number of allylic oxidation sites excluding steroid dienone is 2. The van der Waals surface area contributed by atoms with Crippen LogP contribution in [0.25, 0.3) is 0 Å². The number of carboxylic acids is 1. The van der Waals surface area contributed by atoms with E-state index in [2.05, 4.69) is 19.1 Å². The first-order valence-electron chi connectivity index (χ1n) is 7.68. The highest BCUT2D eigenvalue weighted by Crippen LogP contribution is 2.33. The summed E-state index contributed by atoms with van der Waals surface area (Å²) in [6, 6.07) is 0. The summed E-state index contributed by atoms with van der Waals surface area (Å²) in [6.07, 6.45) is 8.77. The Labute approximate surface area is 120 Å². The van der Waals surface area contributed by atoms with Crippen LogP contribution in [0.3, 0.4) is 0 Å². The molecular formula is C16H26O4. The Balaban J connectivity index is 1.71. The van der Waals surface area contributed by atoms with Crippen molar-refractivity contribution in [2.24, 2.45) is 17.8 Å². The summed E-state index contributed by atoms with van der Waals surface area (Å²) in [4.78, 5) is 10.9. The molecule has 2 aliphatic rings. The maximum atomic E-state index is 10.9. The molecule has 0 aliphatic heterocycles. The summed E-state index contributed by atoms with van der Waals surface area (Å²) in [5.74, 6) is 0.144. The van der Waals surface area contributed by atoms with Gasteiger partial charge in [0.15, 0.2) is 0 Å². The maximum Gasteiger partial charge on any atom is 0.306 e. The Hall–Kier alpha value is -0.870. The smallest absolute Gasteiger partial charge is 0.306 e. The fourth-order valence-corrected chi connectivity index (χ4v) is 3.19. The summed E-state index contributed by atoms with van der Waals surface area (Å²) >= 11 is 0. The van der Waals surface area contributed by atoms with E-state index in [1.165, 1.54) is 0 Å². The molecule has 0 spiro atoms. The zero-order valence-electron chi connectivity index (χ0n) is 12.3. The van der Waals surface area contributed by atoms with Crippen molar-refractivity contribution in [2.75, 3.05) is 13.2 Å². The monoisotopic (exact) mass is 282 g/mol. The molecule has 2 aliphatic carbocycles. The van der Waals surface area contributed by atoms with Gasteiger partial charge in [0, 0.05) is 0 Å². The summed E-state index contributed by atoms with van der Waals surface area (Å²) in [5.41, 5.74) is -0.820. The van der Waals surface area contributed by atoms with Crippen LogP contribution in [0.5, 0.6) is 0 Å². The Morgan fingerprint density at radius 1 is 1.30 bits per heavy atom. The van der Waals surface area contributed by atoms with Crippen molar-refractivity contribution in [2.45, 2.75) is 51.0 Å². The minimum absolute atomic E-state index is 0.293. The zero-order chi connectivity index (χ0) is 14.6. The van der Waals surface area contributed by atoms with E-state index in [0.717, 1.165) is 12.8 Å². The lowest BCUT2D eigenvalue weighted by Gasteiger charge is -2.35. The molecule has 1 fully saturated rings. The van der Waals surface area contributed by atoms with Crippen LogP contribution in [-0.2, 0) is 9.53 Å². The molecule has 2 unspecified atom stereocenters. The number of hydrogen-bond acceptors (Lipinski definition) is 3. The van der Waals surface area contributed by atoms with E-state index < -0.39 is 11.6 Å². The second-order valence-electron chi connectivity index (χ2n) is 6.53. The summed E-state index contributed by atoms with van der Waals surface area (Å²) in [5, 5.41) is 19.4. The Morgan fingerprint density at radius 2 is 1.95 bits per heavy atom. The molecule has 0 amide bonds. The summed E-state index contributed by atoms with van der Waals surface area (Å²) in [6.45, 7) is 3.27. The fraction of sp³-hybridized carbons (Fsp3) is 0.812. The average molecular weight is 282 g/mol. The van der Waals surface area contributed by atoms with Gasteiger partial charge in [-0.15, -0.1) is 0 Å². The number of carboxylic acid groups (broad SMARTS) is 1. The second kappa shape index (κ2) is 6.72. The van der Waals surface area contributed by atoms with Crippen molar-refractivity contribution < 1.29 is 19.7 Å². The summed E-state index contributed by atoms with van der Waals surface area (Å²) in [7, 11) is 0. The third-order valence-electron chi connectivity index (χ3n) is 4.89. The highest BCUT2D eigenvalue weighted by atomic mass is 16.5. The molecule has 114 valence electrons. The van der Waals surface area contributed by atoms with Gasteiger partial charge < -0.3 is 14.9 Å². The van der Waals surface area contributed by atoms with Gasteiger partial charge in [-0.3, -0.25) is 4.79 Å². The molecule has 0 heterocycles. The first-order valence-corrected chi connectivity index (χ1v) is 7.68. The van der Waals surface area contributed by atoms with Gasteiger partial charge in [0.2, 0.25) is 0 Å². The number of aliphatic carboxylic acids is 1. The van der Waals surface area contributed by atoms with Crippen LogP contribution in [-0.4, -0.2) is 35.0 Å². The number of hydrogen-bond donors (Lipinski definition) is 2. The van der Waals surface area contributed by atoms with Crippen molar-refractivity contribution in [3.05, 3.63) is 12.2 Å². The van der Waals surface area contributed by atoms with E-state index in [4.69, 9.17) is 9.84 Å². The van der Waals surface area contributed by atoms with Crippen molar-refractivity contribution >= 4 is 5.97 Å². The Morgan fingerprint density at radius 3 is 2.55 bits per heavy atom. The quantitative estimate of drug-likeness (QED) is 0.761. The van der Waals surface area contributed by atoms with Crippen molar-refractivity contribution in [3.63, 3.8) is 0 Å². The average Bonchev–Trinajstić information content (AvgIpc) is 2.41. The molecule has 2 atom stereocenters. The molecule has 1 saturated carbocycles. The van der Waals surface area contributed by atoms with Gasteiger partial charge in [0.1, 0.15) is 0 Å². The van der Waals surface area contributed by atoms with Crippen molar-refractivity contribution in [1.29, 1.82) is 0 Å².